The van der Waals surface area contributed by atoms with Crippen LogP contribution >= 0.6 is 11.3 Å². The van der Waals surface area contributed by atoms with Crippen molar-refractivity contribution in [1.29, 1.82) is 0 Å². The van der Waals surface area contributed by atoms with E-state index in [1.807, 2.05) is 19.2 Å². The number of aliphatic carboxylic acids is 1. The molecule has 0 aliphatic heterocycles. The van der Waals surface area contributed by atoms with Gasteiger partial charge in [0, 0.05) is 24.3 Å². The molecule has 6 nitrogen and oxygen atoms in total. The van der Waals surface area contributed by atoms with Crippen molar-refractivity contribution < 1.29 is 19.5 Å². The molecule has 7 heteroatoms. The van der Waals surface area contributed by atoms with Crippen LogP contribution in [0.3, 0.4) is 0 Å². The van der Waals surface area contributed by atoms with Crippen LogP contribution in [-0.4, -0.2) is 40.9 Å². The number of benzene rings is 1. The minimum Gasteiger partial charge on any atom is -0.481 e. The van der Waals surface area contributed by atoms with E-state index in [-0.39, 0.29) is 30.7 Å². The van der Waals surface area contributed by atoms with E-state index in [1.165, 1.54) is 11.3 Å². The number of amides is 2. The fourth-order valence-corrected chi connectivity index (χ4v) is 3.08. The molecule has 1 aromatic heterocycles. The molecule has 26 heavy (non-hydrogen) atoms. The van der Waals surface area contributed by atoms with Crippen molar-refractivity contribution in [3.63, 3.8) is 0 Å². The van der Waals surface area contributed by atoms with Gasteiger partial charge in [0.1, 0.15) is 0 Å². The molecule has 1 heterocycles. The lowest BCUT2D eigenvalue weighted by Gasteiger charge is -2.24. The molecule has 2 rings (SSSR count). The van der Waals surface area contributed by atoms with Gasteiger partial charge >= 0.3 is 5.97 Å². The standard InChI is InChI=1S/C19H22N2O4S/c1-13(2)12-21(9-8-17(22)23)19(25)14-5-3-6-15(11-14)20-18(24)16-7-4-10-26-16/h3-7,10-11,13H,8-9,12H2,1-2H3,(H,20,24)(H,22,23). The third-order valence-corrected chi connectivity index (χ3v) is 4.45. The van der Waals surface area contributed by atoms with Crippen LogP contribution in [0.15, 0.2) is 41.8 Å². The van der Waals surface area contributed by atoms with Crippen molar-refractivity contribution in [2.45, 2.75) is 20.3 Å². The van der Waals surface area contributed by atoms with Crippen LogP contribution in [0, 0.1) is 5.92 Å². The molecular weight excluding hydrogens is 352 g/mol. The van der Waals surface area contributed by atoms with Gasteiger partial charge in [0.05, 0.1) is 11.3 Å². The zero-order valence-electron chi connectivity index (χ0n) is 14.8. The van der Waals surface area contributed by atoms with E-state index < -0.39 is 5.97 Å². The molecule has 2 N–H and O–H groups in total. The molecule has 1 aromatic carbocycles. The first kappa shape index (κ1) is 19.7. The summed E-state index contributed by atoms with van der Waals surface area (Å²) < 4.78 is 0. The number of rotatable bonds is 8. The normalized spacial score (nSPS) is 10.6. The number of hydrogen-bond donors (Lipinski definition) is 2. The molecule has 0 unspecified atom stereocenters. The summed E-state index contributed by atoms with van der Waals surface area (Å²) in [4.78, 5) is 37.9. The van der Waals surface area contributed by atoms with E-state index >= 15 is 0 Å². The second-order valence-electron chi connectivity index (χ2n) is 6.30. The first-order valence-corrected chi connectivity index (χ1v) is 9.20. The average Bonchev–Trinajstić information content (AvgIpc) is 3.12. The Labute approximate surface area is 156 Å². The predicted octanol–water partition coefficient (Wildman–Crippen LogP) is 3.57. The van der Waals surface area contributed by atoms with Gasteiger partial charge in [-0.2, -0.15) is 0 Å². The lowest BCUT2D eigenvalue weighted by molar-refractivity contribution is -0.137. The van der Waals surface area contributed by atoms with Crippen LogP contribution in [0.25, 0.3) is 0 Å². The minimum absolute atomic E-state index is 0.104. The van der Waals surface area contributed by atoms with Gasteiger partial charge in [-0.15, -0.1) is 11.3 Å². The Hall–Kier alpha value is -2.67. The van der Waals surface area contributed by atoms with Crippen LogP contribution in [0.4, 0.5) is 5.69 Å². The van der Waals surface area contributed by atoms with Crippen LogP contribution < -0.4 is 5.32 Å². The SMILES string of the molecule is CC(C)CN(CCC(=O)O)C(=O)c1cccc(NC(=O)c2cccs2)c1. The zero-order valence-corrected chi connectivity index (χ0v) is 15.6. The van der Waals surface area contributed by atoms with Gasteiger partial charge in [-0.3, -0.25) is 14.4 Å². The quantitative estimate of drug-likeness (QED) is 0.739. The summed E-state index contributed by atoms with van der Waals surface area (Å²) in [7, 11) is 0. The Morgan fingerprint density at radius 3 is 2.58 bits per heavy atom. The van der Waals surface area contributed by atoms with Crippen molar-refractivity contribution in [2.24, 2.45) is 5.92 Å². The van der Waals surface area contributed by atoms with Gasteiger partial charge in [-0.1, -0.05) is 26.0 Å². The Morgan fingerprint density at radius 1 is 1.19 bits per heavy atom. The number of nitrogens with zero attached hydrogens (tertiary/aromatic N) is 1. The summed E-state index contributed by atoms with van der Waals surface area (Å²) in [5.74, 6) is -1.19. The van der Waals surface area contributed by atoms with E-state index in [1.54, 1.807) is 41.3 Å². The Kier molecular flexibility index (Phi) is 6.91. The number of thiophene rings is 1. The molecule has 0 radical (unpaired) electrons. The highest BCUT2D eigenvalue weighted by Crippen LogP contribution is 2.17. The topological polar surface area (TPSA) is 86.7 Å². The molecule has 2 aromatic rings. The molecule has 0 atom stereocenters. The Morgan fingerprint density at radius 2 is 1.96 bits per heavy atom. The third kappa shape index (κ3) is 5.70. The second kappa shape index (κ2) is 9.15. The number of anilines is 1. The highest BCUT2D eigenvalue weighted by atomic mass is 32.1. The molecule has 2 amide bonds. The summed E-state index contributed by atoms with van der Waals surface area (Å²) in [6.45, 7) is 4.56. The lowest BCUT2D eigenvalue weighted by atomic mass is 10.1. The molecule has 138 valence electrons. The van der Waals surface area contributed by atoms with Crippen LogP contribution in [-0.2, 0) is 4.79 Å². The van der Waals surface area contributed by atoms with Gasteiger partial charge in [0.2, 0.25) is 0 Å². The number of carbonyl (C=O) groups is 3. The number of carboxylic acids is 1. The number of carbonyl (C=O) groups excluding carboxylic acids is 2. The fraction of sp³-hybridized carbons (Fsp3) is 0.316. The molecule has 0 spiro atoms. The average molecular weight is 374 g/mol. The van der Waals surface area contributed by atoms with Gasteiger partial charge in [-0.05, 0) is 35.6 Å². The van der Waals surface area contributed by atoms with Crippen molar-refractivity contribution in [3.05, 3.63) is 52.2 Å². The van der Waals surface area contributed by atoms with Crippen molar-refractivity contribution in [3.8, 4) is 0 Å². The highest BCUT2D eigenvalue weighted by molar-refractivity contribution is 7.12. The summed E-state index contributed by atoms with van der Waals surface area (Å²) in [6.07, 6.45) is -0.104. The Balaban J connectivity index is 2.13. The maximum Gasteiger partial charge on any atom is 0.305 e. The molecule has 0 aliphatic carbocycles. The van der Waals surface area contributed by atoms with Crippen LogP contribution in [0.5, 0.6) is 0 Å². The molecule has 0 bridgehead atoms. The highest BCUT2D eigenvalue weighted by Gasteiger charge is 2.18. The van der Waals surface area contributed by atoms with Gasteiger partial charge in [0.25, 0.3) is 11.8 Å². The van der Waals surface area contributed by atoms with E-state index in [2.05, 4.69) is 5.32 Å². The second-order valence-corrected chi connectivity index (χ2v) is 7.25. The Bertz CT molecular complexity index is 772. The number of nitrogens with one attached hydrogen (secondary N) is 1. The van der Waals surface area contributed by atoms with Gasteiger partial charge in [-0.25, -0.2) is 0 Å². The largest absolute Gasteiger partial charge is 0.481 e. The van der Waals surface area contributed by atoms with Crippen LogP contribution in [0.1, 0.15) is 40.3 Å². The maximum atomic E-state index is 12.8. The first-order chi connectivity index (χ1) is 12.4. The number of carboxylic acid groups (broad SMARTS) is 1. The van der Waals surface area contributed by atoms with Crippen molar-refractivity contribution >= 4 is 34.8 Å². The zero-order chi connectivity index (χ0) is 19.1. The van der Waals surface area contributed by atoms with Gasteiger partial charge < -0.3 is 15.3 Å². The molecule has 0 aliphatic rings. The summed E-state index contributed by atoms with van der Waals surface area (Å²) >= 11 is 1.34. The molecule has 0 fully saturated rings. The fourth-order valence-electron chi connectivity index (χ4n) is 2.46. The van der Waals surface area contributed by atoms with E-state index in [0.29, 0.717) is 22.7 Å². The first-order valence-electron chi connectivity index (χ1n) is 8.33. The molecular formula is C19H22N2O4S. The van der Waals surface area contributed by atoms with Crippen molar-refractivity contribution in [1.82, 2.24) is 4.90 Å². The van der Waals surface area contributed by atoms with E-state index in [4.69, 9.17) is 5.11 Å². The van der Waals surface area contributed by atoms with E-state index in [0.717, 1.165) is 0 Å². The van der Waals surface area contributed by atoms with Crippen molar-refractivity contribution in [2.75, 3.05) is 18.4 Å². The molecule has 0 saturated carbocycles. The number of hydrogen-bond acceptors (Lipinski definition) is 4. The predicted molar refractivity (Wildman–Crippen MR) is 102 cm³/mol. The minimum atomic E-state index is -0.941. The maximum absolute atomic E-state index is 12.8. The smallest absolute Gasteiger partial charge is 0.305 e. The van der Waals surface area contributed by atoms with E-state index in [9.17, 15) is 14.4 Å². The monoisotopic (exact) mass is 374 g/mol. The lowest BCUT2D eigenvalue weighted by Crippen LogP contribution is -2.36. The third-order valence-electron chi connectivity index (χ3n) is 3.58. The molecule has 0 saturated heterocycles. The summed E-state index contributed by atoms with van der Waals surface area (Å²) in [5, 5.41) is 13.5. The van der Waals surface area contributed by atoms with Crippen LogP contribution in [0.2, 0.25) is 0 Å². The van der Waals surface area contributed by atoms with Gasteiger partial charge in [0.15, 0.2) is 0 Å². The summed E-state index contributed by atoms with van der Waals surface area (Å²) in [5.41, 5.74) is 0.942. The summed E-state index contributed by atoms with van der Waals surface area (Å²) in [6, 6.07) is 10.2.